The first-order valence-electron chi connectivity index (χ1n) is 5.95. The molecule has 0 aromatic heterocycles. The van der Waals surface area contributed by atoms with E-state index >= 15 is 0 Å². The lowest BCUT2D eigenvalue weighted by atomic mass is 9.81. The first kappa shape index (κ1) is 12.7. The predicted molar refractivity (Wildman–Crippen MR) is 70.4 cm³/mol. The van der Waals surface area contributed by atoms with Crippen LogP contribution < -0.4 is 9.47 Å². The van der Waals surface area contributed by atoms with Crippen molar-refractivity contribution in [2.45, 2.75) is 25.7 Å². The van der Waals surface area contributed by atoms with Crippen molar-refractivity contribution in [3.05, 3.63) is 35.4 Å². The van der Waals surface area contributed by atoms with Crippen molar-refractivity contribution in [1.29, 1.82) is 0 Å². The van der Waals surface area contributed by atoms with Crippen LogP contribution in [0.15, 0.2) is 24.3 Å². The fourth-order valence-electron chi connectivity index (χ4n) is 2.44. The van der Waals surface area contributed by atoms with Crippen molar-refractivity contribution in [2.24, 2.45) is 0 Å². The van der Waals surface area contributed by atoms with E-state index in [-0.39, 0.29) is 11.2 Å². The third-order valence-electron chi connectivity index (χ3n) is 3.51. The Morgan fingerprint density at radius 3 is 2.33 bits per heavy atom. The van der Waals surface area contributed by atoms with Crippen LogP contribution in [0.2, 0.25) is 0 Å². The van der Waals surface area contributed by atoms with Crippen LogP contribution >= 0.6 is 0 Å². The van der Waals surface area contributed by atoms with Crippen LogP contribution in [-0.4, -0.2) is 20.0 Å². The molecule has 1 aliphatic carbocycles. The monoisotopic (exact) mass is 246 g/mol. The van der Waals surface area contributed by atoms with Crippen LogP contribution in [0.1, 0.15) is 24.5 Å². The molecule has 1 unspecified atom stereocenters. The highest BCUT2D eigenvalue weighted by Gasteiger charge is 2.34. The molecule has 0 saturated carbocycles. The van der Waals surface area contributed by atoms with E-state index in [0.717, 1.165) is 22.6 Å². The summed E-state index contributed by atoms with van der Waals surface area (Å²) in [6, 6.07) is 3.92. The molecule has 3 nitrogen and oxygen atoms in total. The van der Waals surface area contributed by atoms with Gasteiger partial charge in [0.15, 0.2) is 5.78 Å². The number of hydrogen-bond donors (Lipinski definition) is 0. The van der Waals surface area contributed by atoms with E-state index in [4.69, 9.17) is 9.47 Å². The first-order valence-corrected chi connectivity index (χ1v) is 5.95. The van der Waals surface area contributed by atoms with Gasteiger partial charge in [0, 0.05) is 17.4 Å². The Labute approximate surface area is 107 Å². The van der Waals surface area contributed by atoms with Gasteiger partial charge in [-0.15, -0.1) is 0 Å². The van der Waals surface area contributed by atoms with Gasteiger partial charge in [-0.3, -0.25) is 4.79 Å². The maximum Gasteiger partial charge on any atom is 0.156 e. The molecule has 0 spiro atoms. The average molecular weight is 246 g/mol. The highest BCUT2D eigenvalue weighted by atomic mass is 16.5. The Balaban J connectivity index is 2.56. The van der Waals surface area contributed by atoms with Crippen LogP contribution in [0, 0.1) is 6.92 Å². The van der Waals surface area contributed by atoms with Gasteiger partial charge in [-0.25, -0.2) is 0 Å². The van der Waals surface area contributed by atoms with Gasteiger partial charge >= 0.3 is 0 Å². The Kier molecular flexibility index (Phi) is 3.16. The minimum absolute atomic E-state index is 0.152. The summed E-state index contributed by atoms with van der Waals surface area (Å²) in [6.07, 6.45) is 4.07. The fourth-order valence-corrected chi connectivity index (χ4v) is 2.44. The number of carbonyl (C=O) groups excluding carboxylic acids is 1. The molecule has 0 radical (unpaired) electrons. The topological polar surface area (TPSA) is 35.5 Å². The molecule has 2 rings (SSSR count). The number of hydrogen-bond acceptors (Lipinski definition) is 3. The predicted octanol–water partition coefficient (Wildman–Crippen LogP) is 2.80. The lowest BCUT2D eigenvalue weighted by Crippen LogP contribution is -2.19. The maximum absolute atomic E-state index is 11.5. The molecule has 0 amide bonds. The lowest BCUT2D eigenvalue weighted by molar-refractivity contribution is -0.114. The summed E-state index contributed by atoms with van der Waals surface area (Å²) in [5, 5.41) is 0. The van der Waals surface area contributed by atoms with E-state index in [1.54, 1.807) is 20.3 Å². The number of carbonyl (C=O) groups is 1. The molecule has 96 valence electrons. The number of ether oxygens (including phenoxy) is 2. The van der Waals surface area contributed by atoms with Crippen LogP contribution in [0.4, 0.5) is 0 Å². The van der Waals surface area contributed by atoms with E-state index < -0.39 is 0 Å². The molecule has 0 N–H and O–H groups in total. The maximum atomic E-state index is 11.5. The zero-order chi connectivity index (χ0) is 13.3. The Morgan fingerprint density at radius 2 is 1.83 bits per heavy atom. The summed E-state index contributed by atoms with van der Waals surface area (Å²) in [6.45, 7) is 4.02. The molecular formula is C15H18O3. The van der Waals surface area contributed by atoms with E-state index in [1.165, 1.54) is 0 Å². The van der Waals surface area contributed by atoms with Gasteiger partial charge in [0.05, 0.1) is 14.2 Å². The largest absolute Gasteiger partial charge is 0.496 e. The molecule has 1 aliphatic rings. The van der Waals surface area contributed by atoms with Crippen molar-refractivity contribution in [3.8, 4) is 11.5 Å². The number of aryl methyl sites for hydroxylation is 1. The molecule has 1 aromatic carbocycles. The molecule has 0 fully saturated rings. The normalized spacial score (nSPS) is 22.3. The van der Waals surface area contributed by atoms with E-state index in [1.807, 2.05) is 32.1 Å². The summed E-state index contributed by atoms with van der Waals surface area (Å²) in [5.41, 5.74) is 1.72. The molecule has 3 heteroatoms. The molecule has 1 atom stereocenters. The van der Waals surface area contributed by atoms with E-state index in [2.05, 4.69) is 0 Å². The highest BCUT2D eigenvalue weighted by molar-refractivity contribution is 5.94. The second kappa shape index (κ2) is 4.48. The summed E-state index contributed by atoms with van der Waals surface area (Å²) in [4.78, 5) is 11.5. The molecule has 0 saturated heterocycles. The lowest BCUT2D eigenvalue weighted by Gasteiger charge is -2.25. The Morgan fingerprint density at radius 1 is 1.17 bits per heavy atom. The second-order valence-electron chi connectivity index (χ2n) is 4.92. The van der Waals surface area contributed by atoms with Crippen molar-refractivity contribution >= 4 is 5.78 Å². The van der Waals surface area contributed by atoms with Gasteiger partial charge in [-0.1, -0.05) is 13.0 Å². The smallest absolute Gasteiger partial charge is 0.156 e. The van der Waals surface area contributed by atoms with Gasteiger partial charge in [-0.2, -0.15) is 0 Å². The Hall–Kier alpha value is -1.77. The number of ketones is 1. The third-order valence-corrected chi connectivity index (χ3v) is 3.51. The number of benzene rings is 1. The SMILES string of the molecule is COc1cc(C2(C)C=CC(=O)C2)c(OC)cc1C. The summed E-state index contributed by atoms with van der Waals surface area (Å²) < 4.78 is 10.8. The van der Waals surface area contributed by atoms with Gasteiger partial charge in [0.25, 0.3) is 0 Å². The molecule has 0 heterocycles. The standard InChI is InChI=1S/C15H18O3/c1-10-7-14(18-4)12(8-13(10)17-3)15(2)6-5-11(16)9-15/h5-8H,9H2,1-4H3. The van der Waals surface area contributed by atoms with Crippen LogP contribution in [0.5, 0.6) is 11.5 Å². The van der Waals surface area contributed by atoms with Gasteiger partial charge < -0.3 is 9.47 Å². The fraction of sp³-hybridized carbons (Fsp3) is 0.400. The van der Waals surface area contributed by atoms with Crippen molar-refractivity contribution in [1.82, 2.24) is 0 Å². The van der Waals surface area contributed by atoms with Gasteiger partial charge in [0.2, 0.25) is 0 Å². The molecular weight excluding hydrogens is 228 g/mol. The molecule has 18 heavy (non-hydrogen) atoms. The highest BCUT2D eigenvalue weighted by Crippen LogP contribution is 2.41. The average Bonchev–Trinajstić information content (AvgIpc) is 2.69. The summed E-state index contributed by atoms with van der Waals surface area (Å²) in [7, 11) is 3.30. The number of methoxy groups -OCH3 is 2. The minimum atomic E-state index is -0.302. The zero-order valence-corrected chi connectivity index (χ0v) is 11.2. The first-order chi connectivity index (χ1) is 8.50. The van der Waals surface area contributed by atoms with Crippen molar-refractivity contribution < 1.29 is 14.3 Å². The van der Waals surface area contributed by atoms with Crippen molar-refractivity contribution in [3.63, 3.8) is 0 Å². The van der Waals surface area contributed by atoms with Crippen LogP contribution in [-0.2, 0) is 10.2 Å². The molecule has 1 aromatic rings. The second-order valence-corrected chi connectivity index (χ2v) is 4.92. The quantitative estimate of drug-likeness (QED) is 0.822. The number of rotatable bonds is 3. The zero-order valence-electron chi connectivity index (χ0n) is 11.2. The van der Waals surface area contributed by atoms with Gasteiger partial charge in [-0.05, 0) is 30.7 Å². The molecule has 0 bridgehead atoms. The third kappa shape index (κ3) is 2.01. The van der Waals surface area contributed by atoms with Crippen LogP contribution in [0.3, 0.4) is 0 Å². The summed E-state index contributed by atoms with van der Waals surface area (Å²) >= 11 is 0. The Bertz CT molecular complexity index is 517. The number of allylic oxidation sites excluding steroid dienone is 2. The minimum Gasteiger partial charge on any atom is -0.496 e. The van der Waals surface area contributed by atoms with E-state index in [0.29, 0.717) is 6.42 Å². The van der Waals surface area contributed by atoms with E-state index in [9.17, 15) is 4.79 Å². The van der Waals surface area contributed by atoms with Gasteiger partial charge in [0.1, 0.15) is 11.5 Å². The van der Waals surface area contributed by atoms with Crippen molar-refractivity contribution in [2.75, 3.05) is 14.2 Å². The molecule has 0 aliphatic heterocycles. The summed E-state index contributed by atoms with van der Waals surface area (Å²) in [5.74, 6) is 1.77. The van der Waals surface area contributed by atoms with Crippen LogP contribution in [0.25, 0.3) is 0 Å².